The molecule has 0 spiro atoms. The van der Waals surface area contributed by atoms with Gasteiger partial charge in [-0.3, -0.25) is 0 Å². The highest BCUT2D eigenvalue weighted by molar-refractivity contribution is 7.11. The highest BCUT2D eigenvalue weighted by Crippen LogP contribution is 2.35. The van der Waals surface area contributed by atoms with E-state index in [0.29, 0.717) is 0 Å². The molecule has 0 unspecified atom stereocenters. The lowest BCUT2D eigenvalue weighted by atomic mass is 10.3. The van der Waals surface area contributed by atoms with Crippen molar-refractivity contribution in [3.8, 4) is 0 Å². The van der Waals surface area contributed by atoms with Crippen LogP contribution in [0.25, 0.3) is 0 Å². The molecule has 1 fully saturated rings. The quantitative estimate of drug-likeness (QED) is 0.866. The van der Waals surface area contributed by atoms with Gasteiger partial charge in [0.2, 0.25) is 0 Å². The Labute approximate surface area is 112 Å². The smallest absolute Gasteiger partial charge is 0.0951 e. The molecule has 0 atom stereocenters. The Morgan fingerprint density at radius 1 is 1.33 bits per heavy atom. The van der Waals surface area contributed by atoms with Crippen LogP contribution in [-0.2, 0) is 19.5 Å². The Hall–Kier alpha value is -1.13. The van der Waals surface area contributed by atoms with E-state index in [0.717, 1.165) is 25.6 Å². The zero-order valence-corrected chi connectivity index (χ0v) is 11.5. The summed E-state index contributed by atoms with van der Waals surface area (Å²) in [6, 6.07) is 5.18. The van der Waals surface area contributed by atoms with E-state index in [9.17, 15) is 0 Å². The first-order valence-electron chi connectivity index (χ1n) is 6.66. The van der Waals surface area contributed by atoms with Crippen LogP contribution in [0.5, 0.6) is 0 Å². The number of imidazole rings is 1. The van der Waals surface area contributed by atoms with E-state index in [2.05, 4.69) is 33.9 Å². The fourth-order valence-corrected chi connectivity index (χ4v) is 3.10. The number of aryl methyl sites for hydroxylation is 1. The number of thiophene rings is 1. The lowest BCUT2D eigenvalue weighted by molar-refractivity contribution is 0.624. The average Bonchev–Trinajstić information content (AvgIpc) is 2.95. The van der Waals surface area contributed by atoms with Crippen molar-refractivity contribution in [3.05, 3.63) is 40.1 Å². The molecule has 0 aliphatic heterocycles. The summed E-state index contributed by atoms with van der Waals surface area (Å²) in [7, 11) is 0. The van der Waals surface area contributed by atoms with E-state index in [1.165, 1.54) is 28.3 Å². The summed E-state index contributed by atoms with van der Waals surface area (Å²) in [5.41, 5.74) is 1.31. The highest BCUT2D eigenvalue weighted by atomic mass is 32.1. The van der Waals surface area contributed by atoms with E-state index in [1.54, 1.807) is 0 Å². The molecule has 0 aromatic carbocycles. The van der Waals surface area contributed by atoms with E-state index >= 15 is 0 Å². The van der Waals surface area contributed by atoms with Crippen molar-refractivity contribution in [3.63, 3.8) is 0 Å². The lowest BCUT2D eigenvalue weighted by Gasteiger charge is -2.07. The SMILES string of the molecule is CCc1ccc(CNCc2cncn2C2CC2)s1. The van der Waals surface area contributed by atoms with Crippen LogP contribution in [0.4, 0.5) is 0 Å². The average molecular weight is 261 g/mol. The summed E-state index contributed by atoms with van der Waals surface area (Å²) in [6.45, 7) is 4.08. The number of hydrogen-bond acceptors (Lipinski definition) is 3. The second-order valence-electron chi connectivity index (χ2n) is 4.85. The van der Waals surface area contributed by atoms with Crippen molar-refractivity contribution in [1.29, 1.82) is 0 Å². The maximum atomic E-state index is 4.25. The standard InChI is InChI=1S/C14H19N3S/c1-2-13-5-6-14(18-13)9-15-7-12-8-16-10-17(12)11-3-4-11/h5-6,8,10-11,15H,2-4,7,9H2,1H3. The van der Waals surface area contributed by atoms with Crippen molar-refractivity contribution < 1.29 is 0 Å². The molecule has 1 aliphatic carbocycles. The number of rotatable bonds is 6. The third-order valence-corrected chi connectivity index (χ3v) is 4.59. The highest BCUT2D eigenvalue weighted by Gasteiger charge is 2.24. The van der Waals surface area contributed by atoms with Crippen molar-refractivity contribution in [2.75, 3.05) is 0 Å². The second kappa shape index (κ2) is 5.24. The summed E-state index contributed by atoms with van der Waals surface area (Å²) in [5.74, 6) is 0. The fourth-order valence-electron chi connectivity index (χ4n) is 2.17. The molecule has 0 saturated heterocycles. The maximum absolute atomic E-state index is 4.25. The van der Waals surface area contributed by atoms with Gasteiger partial charge in [-0.1, -0.05) is 6.92 Å². The van der Waals surface area contributed by atoms with Gasteiger partial charge in [0.15, 0.2) is 0 Å². The summed E-state index contributed by atoms with van der Waals surface area (Å²) >= 11 is 1.91. The van der Waals surface area contributed by atoms with Crippen LogP contribution in [0.3, 0.4) is 0 Å². The molecule has 1 aliphatic rings. The van der Waals surface area contributed by atoms with Crippen molar-refractivity contribution in [2.24, 2.45) is 0 Å². The number of aromatic nitrogens is 2. The molecule has 2 aromatic heterocycles. The van der Waals surface area contributed by atoms with Crippen molar-refractivity contribution in [2.45, 2.75) is 45.3 Å². The molecule has 0 bridgehead atoms. The van der Waals surface area contributed by atoms with Gasteiger partial charge in [0.05, 0.1) is 12.0 Å². The predicted octanol–water partition coefficient (Wildman–Crippen LogP) is 3.13. The van der Waals surface area contributed by atoms with Crippen LogP contribution >= 0.6 is 11.3 Å². The van der Waals surface area contributed by atoms with Gasteiger partial charge in [-0.2, -0.15) is 0 Å². The van der Waals surface area contributed by atoms with Gasteiger partial charge in [-0.15, -0.1) is 11.3 Å². The zero-order valence-electron chi connectivity index (χ0n) is 10.7. The zero-order chi connectivity index (χ0) is 12.4. The Bertz CT molecular complexity index is 511. The molecule has 18 heavy (non-hydrogen) atoms. The summed E-state index contributed by atoms with van der Waals surface area (Å²) in [4.78, 5) is 7.14. The van der Waals surface area contributed by atoms with Gasteiger partial charge in [0.25, 0.3) is 0 Å². The van der Waals surface area contributed by atoms with E-state index in [1.807, 2.05) is 23.9 Å². The minimum absolute atomic E-state index is 0.720. The summed E-state index contributed by atoms with van der Waals surface area (Å²) in [5, 5.41) is 3.51. The van der Waals surface area contributed by atoms with E-state index in [-0.39, 0.29) is 0 Å². The first kappa shape index (κ1) is 11.9. The largest absolute Gasteiger partial charge is 0.330 e. The van der Waals surface area contributed by atoms with Crippen LogP contribution in [0.1, 0.15) is 41.3 Å². The normalized spacial score (nSPS) is 15.2. The van der Waals surface area contributed by atoms with E-state index < -0.39 is 0 Å². The van der Waals surface area contributed by atoms with Crippen molar-refractivity contribution in [1.82, 2.24) is 14.9 Å². The van der Waals surface area contributed by atoms with Gasteiger partial charge in [-0.25, -0.2) is 4.98 Å². The molecule has 2 aromatic rings. The minimum atomic E-state index is 0.720. The lowest BCUT2D eigenvalue weighted by Crippen LogP contribution is -2.14. The molecule has 4 heteroatoms. The maximum Gasteiger partial charge on any atom is 0.0951 e. The van der Waals surface area contributed by atoms with Crippen LogP contribution in [0, 0.1) is 0 Å². The molecular weight excluding hydrogens is 242 g/mol. The Balaban J connectivity index is 1.53. The number of nitrogens with zero attached hydrogens (tertiary/aromatic N) is 2. The molecule has 1 N–H and O–H groups in total. The second-order valence-corrected chi connectivity index (χ2v) is 6.10. The Morgan fingerprint density at radius 3 is 2.89 bits per heavy atom. The molecule has 96 valence electrons. The molecule has 0 amide bonds. The minimum Gasteiger partial charge on any atom is -0.330 e. The third-order valence-electron chi connectivity index (χ3n) is 3.36. The first-order valence-corrected chi connectivity index (χ1v) is 7.47. The molecule has 0 radical (unpaired) electrons. The monoisotopic (exact) mass is 261 g/mol. The van der Waals surface area contributed by atoms with Gasteiger partial charge < -0.3 is 9.88 Å². The third kappa shape index (κ3) is 2.65. The van der Waals surface area contributed by atoms with Gasteiger partial charge >= 0.3 is 0 Å². The Morgan fingerprint density at radius 2 is 2.17 bits per heavy atom. The molecular formula is C14H19N3S. The van der Waals surface area contributed by atoms with Crippen LogP contribution in [0.2, 0.25) is 0 Å². The van der Waals surface area contributed by atoms with Crippen LogP contribution in [-0.4, -0.2) is 9.55 Å². The predicted molar refractivity (Wildman–Crippen MR) is 74.7 cm³/mol. The molecule has 1 saturated carbocycles. The van der Waals surface area contributed by atoms with E-state index in [4.69, 9.17) is 0 Å². The molecule has 3 rings (SSSR count). The van der Waals surface area contributed by atoms with Gasteiger partial charge in [-0.05, 0) is 31.4 Å². The van der Waals surface area contributed by atoms with Crippen molar-refractivity contribution >= 4 is 11.3 Å². The Kier molecular flexibility index (Phi) is 3.48. The topological polar surface area (TPSA) is 29.9 Å². The van der Waals surface area contributed by atoms with Gasteiger partial charge in [0, 0.05) is 35.1 Å². The van der Waals surface area contributed by atoms with Crippen LogP contribution < -0.4 is 5.32 Å². The fraction of sp³-hybridized carbons (Fsp3) is 0.500. The summed E-state index contributed by atoms with van der Waals surface area (Å²) < 4.78 is 2.32. The number of nitrogens with one attached hydrogen (secondary N) is 1. The molecule has 2 heterocycles. The number of hydrogen-bond donors (Lipinski definition) is 1. The molecule has 3 nitrogen and oxygen atoms in total. The van der Waals surface area contributed by atoms with Crippen LogP contribution in [0.15, 0.2) is 24.7 Å². The summed E-state index contributed by atoms with van der Waals surface area (Å²) in [6.07, 6.45) is 7.72. The van der Waals surface area contributed by atoms with Gasteiger partial charge in [0.1, 0.15) is 0 Å². The first-order chi connectivity index (χ1) is 8.86.